The van der Waals surface area contributed by atoms with Gasteiger partial charge in [-0.2, -0.15) is 0 Å². The third-order valence-electron chi connectivity index (χ3n) is 9.14. The molecule has 0 heterocycles. The average molecular weight is 415 g/mol. The number of fused-ring (bicyclic) bond motifs is 5. The quantitative estimate of drug-likeness (QED) is 0.682. The van der Waals surface area contributed by atoms with Crippen LogP contribution >= 0.6 is 0 Å². The van der Waals surface area contributed by atoms with Gasteiger partial charge in [0.1, 0.15) is 0 Å². The average Bonchev–Trinajstić information content (AvgIpc) is 3.00. The second-order valence-corrected chi connectivity index (χ2v) is 11.8. The lowest BCUT2D eigenvalue weighted by Crippen LogP contribution is -2.54. The summed E-state index contributed by atoms with van der Waals surface area (Å²) in [5, 5.41) is 5.99. The monoisotopic (exact) mass is 414 g/mol. The van der Waals surface area contributed by atoms with Gasteiger partial charge < -0.3 is 10.6 Å². The van der Waals surface area contributed by atoms with Crippen LogP contribution in [0.3, 0.4) is 0 Å². The SMILES string of the molecule is CC(C)(C)NC(=O)[C@H]1CC[C@H]2[C@@H]3CCC4=C(NC=O)C(=O)CC[C@]4(C)[C@H]3CC[C@]12C. The minimum Gasteiger partial charge on any atom is -0.351 e. The van der Waals surface area contributed by atoms with E-state index in [0.717, 1.165) is 44.9 Å². The fourth-order valence-corrected chi connectivity index (χ4v) is 7.83. The van der Waals surface area contributed by atoms with Gasteiger partial charge in [-0.25, -0.2) is 0 Å². The summed E-state index contributed by atoms with van der Waals surface area (Å²) in [7, 11) is 0. The summed E-state index contributed by atoms with van der Waals surface area (Å²) in [6.45, 7) is 10.9. The van der Waals surface area contributed by atoms with Crippen LogP contribution in [-0.4, -0.2) is 23.6 Å². The number of rotatable bonds is 3. The van der Waals surface area contributed by atoms with Crippen LogP contribution in [0.2, 0.25) is 0 Å². The van der Waals surface area contributed by atoms with E-state index in [0.29, 0.717) is 36.3 Å². The van der Waals surface area contributed by atoms with Crippen molar-refractivity contribution in [2.75, 3.05) is 0 Å². The minimum atomic E-state index is -0.197. The molecule has 30 heavy (non-hydrogen) atoms. The molecule has 0 spiro atoms. The number of amides is 2. The molecule has 3 saturated carbocycles. The number of allylic oxidation sites excluding steroid dienone is 1. The molecule has 166 valence electrons. The summed E-state index contributed by atoms with van der Waals surface area (Å²) < 4.78 is 0. The summed E-state index contributed by atoms with van der Waals surface area (Å²) in [5.41, 5.74) is 1.64. The van der Waals surface area contributed by atoms with Gasteiger partial charge in [-0.15, -0.1) is 0 Å². The maximum Gasteiger partial charge on any atom is 0.224 e. The fraction of sp³-hybridized carbons (Fsp3) is 0.800. The van der Waals surface area contributed by atoms with E-state index in [2.05, 4.69) is 45.3 Å². The summed E-state index contributed by atoms with van der Waals surface area (Å²) >= 11 is 0. The van der Waals surface area contributed by atoms with Crippen LogP contribution in [0.1, 0.15) is 86.0 Å². The zero-order valence-electron chi connectivity index (χ0n) is 19.3. The zero-order valence-corrected chi connectivity index (χ0v) is 19.3. The largest absolute Gasteiger partial charge is 0.351 e. The molecule has 5 heteroatoms. The number of hydrogen-bond donors (Lipinski definition) is 2. The van der Waals surface area contributed by atoms with E-state index >= 15 is 0 Å². The van der Waals surface area contributed by atoms with Crippen LogP contribution in [-0.2, 0) is 14.4 Å². The molecule has 0 unspecified atom stereocenters. The second-order valence-electron chi connectivity index (χ2n) is 11.8. The van der Waals surface area contributed by atoms with Gasteiger partial charge >= 0.3 is 0 Å². The van der Waals surface area contributed by atoms with Gasteiger partial charge in [0, 0.05) is 17.9 Å². The highest BCUT2D eigenvalue weighted by Crippen LogP contribution is 2.67. The summed E-state index contributed by atoms with van der Waals surface area (Å²) in [6.07, 6.45) is 8.35. The molecule has 0 saturated heterocycles. The Labute approximate surface area is 180 Å². The van der Waals surface area contributed by atoms with Gasteiger partial charge in [-0.3, -0.25) is 14.4 Å². The Balaban J connectivity index is 1.62. The van der Waals surface area contributed by atoms with Crippen molar-refractivity contribution >= 4 is 18.1 Å². The highest BCUT2D eigenvalue weighted by Gasteiger charge is 2.60. The maximum absolute atomic E-state index is 13.1. The van der Waals surface area contributed by atoms with Crippen molar-refractivity contribution in [1.82, 2.24) is 10.6 Å². The molecule has 6 atom stereocenters. The Morgan fingerprint density at radius 2 is 1.77 bits per heavy atom. The molecule has 3 fully saturated rings. The van der Waals surface area contributed by atoms with Crippen LogP contribution in [0.5, 0.6) is 0 Å². The standard InChI is InChI=1S/C25H38N2O3/c1-23(2,3)27-22(30)19-9-8-16-15-6-7-18-21(26-14-28)20(29)11-13-24(18,4)17(15)10-12-25(16,19)5/h14-17,19H,6-13H2,1-5H3,(H,26,28)(H,27,30)/t15-,16-,17-,19+,24+,25-/m0/s1. The van der Waals surface area contributed by atoms with E-state index in [-0.39, 0.29) is 34.0 Å². The molecule has 4 aliphatic rings. The van der Waals surface area contributed by atoms with Crippen molar-refractivity contribution in [1.29, 1.82) is 0 Å². The van der Waals surface area contributed by atoms with Crippen LogP contribution in [0, 0.1) is 34.5 Å². The molecule has 2 amide bonds. The minimum absolute atomic E-state index is 0.00471. The van der Waals surface area contributed by atoms with Crippen LogP contribution in [0.15, 0.2) is 11.3 Å². The highest BCUT2D eigenvalue weighted by atomic mass is 16.2. The summed E-state index contributed by atoms with van der Waals surface area (Å²) in [6, 6.07) is 0. The smallest absolute Gasteiger partial charge is 0.224 e. The van der Waals surface area contributed by atoms with Gasteiger partial charge in [-0.1, -0.05) is 13.8 Å². The van der Waals surface area contributed by atoms with Crippen LogP contribution in [0.25, 0.3) is 0 Å². The molecule has 4 aliphatic carbocycles. The topological polar surface area (TPSA) is 75.3 Å². The number of carbonyl (C=O) groups excluding carboxylic acids is 3. The predicted molar refractivity (Wildman–Crippen MR) is 116 cm³/mol. The molecule has 0 aromatic rings. The number of carbonyl (C=O) groups is 3. The van der Waals surface area contributed by atoms with Crippen molar-refractivity contribution in [3.8, 4) is 0 Å². The van der Waals surface area contributed by atoms with Gasteiger partial charge in [0.25, 0.3) is 0 Å². The first-order valence-corrected chi connectivity index (χ1v) is 11.8. The Morgan fingerprint density at radius 1 is 1.03 bits per heavy atom. The number of ketones is 1. The van der Waals surface area contributed by atoms with E-state index in [1.54, 1.807) is 0 Å². The second kappa shape index (κ2) is 7.20. The third kappa shape index (κ3) is 3.23. The predicted octanol–water partition coefficient (Wildman–Crippen LogP) is 4.12. The van der Waals surface area contributed by atoms with Gasteiger partial charge in [0.2, 0.25) is 12.3 Å². The Morgan fingerprint density at radius 3 is 2.43 bits per heavy atom. The van der Waals surface area contributed by atoms with E-state index < -0.39 is 0 Å². The molecule has 0 aliphatic heterocycles. The van der Waals surface area contributed by atoms with Gasteiger partial charge in [0.05, 0.1) is 5.70 Å². The van der Waals surface area contributed by atoms with E-state index in [9.17, 15) is 14.4 Å². The lowest BCUT2D eigenvalue weighted by molar-refractivity contribution is -0.134. The Hall–Kier alpha value is -1.65. The molecular weight excluding hydrogens is 376 g/mol. The van der Waals surface area contributed by atoms with E-state index in [1.165, 1.54) is 5.57 Å². The molecule has 0 radical (unpaired) electrons. The first-order valence-electron chi connectivity index (χ1n) is 11.8. The van der Waals surface area contributed by atoms with Crippen LogP contribution < -0.4 is 10.6 Å². The first-order chi connectivity index (χ1) is 14.0. The normalized spacial score (nSPS) is 40.9. The van der Waals surface area contributed by atoms with Gasteiger partial charge in [-0.05, 0) is 99.9 Å². The molecular formula is C25H38N2O3. The molecule has 4 rings (SSSR count). The van der Waals surface area contributed by atoms with Crippen molar-refractivity contribution in [2.24, 2.45) is 34.5 Å². The van der Waals surface area contributed by atoms with Crippen molar-refractivity contribution in [3.05, 3.63) is 11.3 Å². The lowest BCUT2D eigenvalue weighted by atomic mass is 9.46. The van der Waals surface area contributed by atoms with Crippen molar-refractivity contribution < 1.29 is 14.4 Å². The Bertz CT molecular complexity index is 795. The number of hydrogen-bond acceptors (Lipinski definition) is 3. The fourth-order valence-electron chi connectivity index (χ4n) is 7.83. The van der Waals surface area contributed by atoms with E-state index in [1.807, 2.05) is 0 Å². The van der Waals surface area contributed by atoms with Crippen molar-refractivity contribution in [3.63, 3.8) is 0 Å². The molecule has 5 nitrogen and oxygen atoms in total. The maximum atomic E-state index is 13.1. The van der Waals surface area contributed by atoms with Crippen LogP contribution in [0.4, 0.5) is 0 Å². The van der Waals surface area contributed by atoms with Gasteiger partial charge in [0.15, 0.2) is 5.78 Å². The molecule has 0 aromatic carbocycles. The number of nitrogens with one attached hydrogen (secondary N) is 2. The first kappa shape index (κ1) is 21.6. The lowest BCUT2D eigenvalue weighted by Gasteiger charge is -2.58. The van der Waals surface area contributed by atoms with E-state index in [4.69, 9.17) is 0 Å². The Kier molecular flexibility index (Phi) is 5.18. The molecule has 0 bridgehead atoms. The zero-order chi connectivity index (χ0) is 21.9. The summed E-state index contributed by atoms with van der Waals surface area (Å²) in [4.78, 5) is 36.7. The molecule has 2 N–H and O–H groups in total. The van der Waals surface area contributed by atoms with Crippen molar-refractivity contribution in [2.45, 2.75) is 91.5 Å². The number of Topliss-reactive ketones (excluding diaryl/α,β-unsaturated/α-hetero) is 1. The molecule has 0 aromatic heterocycles. The summed E-state index contributed by atoms with van der Waals surface area (Å²) in [5.74, 6) is 2.15. The third-order valence-corrected chi connectivity index (χ3v) is 9.14. The highest BCUT2D eigenvalue weighted by molar-refractivity contribution is 5.98.